The highest BCUT2D eigenvalue weighted by molar-refractivity contribution is 5.78. The van der Waals surface area contributed by atoms with Gasteiger partial charge in [-0.05, 0) is 56.4 Å². The molecule has 6 heteroatoms. The molecular weight excluding hydrogens is 356 g/mol. The van der Waals surface area contributed by atoms with Gasteiger partial charge in [0.05, 0.1) is 25.4 Å². The van der Waals surface area contributed by atoms with Gasteiger partial charge in [-0.2, -0.15) is 0 Å². The van der Waals surface area contributed by atoms with Crippen molar-refractivity contribution in [1.29, 1.82) is 0 Å². The minimum atomic E-state index is -0.942. The molecule has 0 aromatic heterocycles. The molecule has 0 spiro atoms. The topological polar surface area (TPSA) is 70.1 Å². The molecule has 3 atom stereocenters. The maximum atomic E-state index is 12.2. The average molecular weight is 386 g/mol. The summed E-state index contributed by atoms with van der Waals surface area (Å²) >= 11 is 0. The minimum Gasteiger partial charge on any atom is -0.493 e. The highest BCUT2D eigenvalue weighted by Crippen LogP contribution is 2.38. The summed E-state index contributed by atoms with van der Waals surface area (Å²) in [4.78, 5) is 27.6. The number of ether oxygens (including phenoxy) is 1. The van der Waals surface area contributed by atoms with E-state index in [1.54, 1.807) is 6.92 Å². The Bertz CT molecular complexity index is 785. The summed E-state index contributed by atoms with van der Waals surface area (Å²) in [6.45, 7) is 9.20. The largest absolute Gasteiger partial charge is 0.493 e. The van der Waals surface area contributed by atoms with E-state index in [4.69, 9.17) is 4.74 Å². The van der Waals surface area contributed by atoms with E-state index in [0.717, 1.165) is 23.3 Å². The summed E-state index contributed by atoms with van der Waals surface area (Å²) < 4.78 is 5.58. The highest BCUT2D eigenvalue weighted by atomic mass is 16.5. The monoisotopic (exact) mass is 386 g/mol. The molecule has 28 heavy (non-hydrogen) atoms. The van der Waals surface area contributed by atoms with E-state index < -0.39 is 6.09 Å². The fourth-order valence-corrected chi connectivity index (χ4v) is 4.44. The second-order valence-electron chi connectivity index (χ2n) is 8.24. The molecule has 0 aliphatic carbocycles. The van der Waals surface area contributed by atoms with Gasteiger partial charge in [0.25, 0.3) is 0 Å². The van der Waals surface area contributed by atoms with Gasteiger partial charge in [0.15, 0.2) is 0 Å². The van der Waals surface area contributed by atoms with Gasteiger partial charge in [0, 0.05) is 13.0 Å². The second kappa shape index (κ2) is 8.35. The number of ketones is 1. The fraction of sp³-hybridized carbons (Fsp3) is 0.545. The summed E-state index contributed by atoms with van der Waals surface area (Å²) in [5, 5.41) is 10.0. The van der Waals surface area contributed by atoms with Crippen LogP contribution in [0.25, 0.3) is 0 Å². The molecule has 2 unspecified atom stereocenters. The predicted molar refractivity (Wildman–Crippen MR) is 107 cm³/mol. The van der Waals surface area contributed by atoms with Gasteiger partial charge < -0.3 is 9.84 Å². The quantitative estimate of drug-likeness (QED) is 0.752. The average Bonchev–Trinajstić information content (AvgIpc) is 3.18. The number of amides is 1. The number of hydrogen-bond donors (Lipinski definition) is 1. The molecule has 1 N–H and O–H groups in total. The fourth-order valence-electron chi connectivity index (χ4n) is 4.44. The molecule has 2 aliphatic rings. The van der Waals surface area contributed by atoms with Gasteiger partial charge in [0.1, 0.15) is 11.5 Å². The number of Topliss-reactive ketones (excluding diaryl/α,β-unsaturated/α-hetero) is 1. The first kappa shape index (κ1) is 20.4. The number of carbonyl (C=O) groups excluding carboxylic acids is 1. The number of fused-ring (bicyclic) bond motifs is 1. The Morgan fingerprint density at radius 2 is 2.07 bits per heavy atom. The number of carbonyl (C=O) groups is 2. The van der Waals surface area contributed by atoms with Crippen LogP contribution in [-0.2, 0) is 11.2 Å². The third kappa shape index (κ3) is 4.38. The molecule has 2 heterocycles. The Morgan fingerprint density at radius 3 is 2.71 bits per heavy atom. The van der Waals surface area contributed by atoms with Crippen LogP contribution in [0, 0.1) is 5.92 Å². The molecule has 6 nitrogen and oxygen atoms in total. The summed E-state index contributed by atoms with van der Waals surface area (Å²) in [7, 11) is 0. The minimum absolute atomic E-state index is 0.0493. The van der Waals surface area contributed by atoms with Crippen LogP contribution < -0.4 is 4.74 Å². The smallest absolute Gasteiger partial charge is 0.409 e. The lowest BCUT2D eigenvalue weighted by Gasteiger charge is -2.31. The van der Waals surface area contributed by atoms with E-state index in [0.29, 0.717) is 19.6 Å². The predicted octanol–water partition coefficient (Wildman–Crippen LogP) is 3.87. The summed E-state index contributed by atoms with van der Waals surface area (Å²) in [6, 6.07) is 5.67. The number of allylic oxidation sites excluding steroid dienone is 2. The maximum absolute atomic E-state index is 12.2. The van der Waals surface area contributed by atoms with Crippen molar-refractivity contribution < 1.29 is 19.4 Å². The van der Waals surface area contributed by atoms with E-state index in [2.05, 4.69) is 19.1 Å². The molecule has 1 aromatic rings. The molecule has 3 rings (SSSR count). The molecule has 1 aromatic carbocycles. The number of nitrogens with zero attached hydrogens (tertiary/aromatic N) is 2. The number of hydrogen-bond acceptors (Lipinski definition) is 4. The standard InChI is InChI=1S/C22H30N2O4/c1-14(2)9-15(3)10-21-23(12-16(4)25)13-19(24(21)22(26)27)17-5-6-20-18(11-17)7-8-28-20/h5-6,9,11,15,19,21H,7-8,10,12-13H2,1-4H3,(H,26,27)/t15-,19?,21?/m1/s1. The SMILES string of the molecule is CC(=O)CN1CC(c2ccc3c(c2)CCO3)N(C(=O)O)C1C[C@H](C)C=C(C)C. The number of rotatable bonds is 6. The van der Waals surface area contributed by atoms with Crippen LogP contribution in [0.2, 0.25) is 0 Å². The molecule has 1 saturated heterocycles. The summed E-state index contributed by atoms with van der Waals surface area (Å²) in [5.41, 5.74) is 3.31. The zero-order chi connectivity index (χ0) is 20.4. The van der Waals surface area contributed by atoms with Crippen molar-refractivity contribution in [3.8, 4) is 5.75 Å². The van der Waals surface area contributed by atoms with Gasteiger partial charge in [-0.15, -0.1) is 0 Å². The summed E-state index contributed by atoms with van der Waals surface area (Å²) in [5.74, 6) is 1.16. The Kier molecular flexibility index (Phi) is 6.08. The van der Waals surface area contributed by atoms with Gasteiger partial charge in [-0.25, -0.2) is 4.79 Å². The zero-order valence-corrected chi connectivity index (χ0v) is 17.1. The van der Waals surface area contributed by atoms with Gasteiger partial charge in [0.2, 0.25) is 0 Å². The molecule has 1 fully saturated rings. The first-order valence-corrected chi connectivity index (χ1v) is 9.91. The highest BCUT2D eigenvalue weighted by Gasteiger charge is 2.43. The normalized spacial score (nSPS) is 22.5. The Hall–Kier alpha value is -2.34. The van der Waals surface area contributed by atoms with Crippen molar-refractivity contribution in [1.82, 2.24) is 9.80 Å². The van der Waals surface area contributed by atoms with Crippen molar-refractivity contribution in [3.05, 3.63) is 41.0 Å². The van der Waals surface area contributed by atoms with Crippen LogP contribution in [0.4, 0.5) is 4.79 Å². The Balaban J connectivity index is 1.92. The number of carboxylic acid groups (broad SMARTS) is 1. The first-order valence-electron chi connectivity index (χ1n) is 9.91. The van der Waals surface area contributed by atoms with Crippen LogP contribution >= 0.6 is 0 Å². The lowest BCUT2D eigenvalue weighted by molar-refractivity contribution is -0.118. The van der Waals surface area contributed by atoms with Crippen LogP contribution in [0.1, 0.15) is 51.3 Å². The lowest BCUT2D eigenvalue weighted by Crippen LogP contribution is -2.44. The van der Waals surface area contributed by atoms with Crippen LogP contribution in [-0.4, -0.2) is 52.6 Å². The van der Waals surface area contributed by atoms with E-state index in [-0.39, 0.29) is 30.5 Å². The zero-order valence-electron chi connectivity index (χ0n) is 17.1. The van der Waals surface area contributed by atoms with Crippen molar-refractivity contribution in [2.24, 2.45) is 5.92 Å². The second-order valence-corrected chi connectivity index (χ2v) is 8.24. The van der Waals surface area contributed by atoms with Crippen LogP contribution in [0.15, 0.2) is 29.8 Å². The third-order valence-corrected chi connectivity index (χ3v) is 5.43. The van der Waals surface area contributed by atoms with E-state index in [1.807, 2.05) is 30.9 Å². The van der Waals surface area contributed by atoms with E-state index in [9.17, 15) is 14.7 Å². The van der Waals surface area contributed by atoms with Gasteiger partial charge in [-0.3, -0.25) is 14.6 Å². The number of benzene rings is 1. The molecule has 0 radical (unpaired) electrons. The molecule has 2 aliphatic heterocycles. The summed E-state index contributed by atoms with van der Waals surface area (Å²) in [6.07, 6.45) is 2.41. The van der Waals surface area contributed by atoms with Gasteiger partial charge in [-0.1, -0.05) is 24.6 Å². The van der Waals surface area contributed by atoms with Crippen LogP contribution in [0.3, 0.4) is 0 Å². The molecule has 1 amide bonds. The molecular formula is C22H30N2O4. The first-order chi connectivity index (χ1) is 13.3. The third-order valence-electron chi connectivity index (χ3n) is 5.43. The molecule has 0 saturated carbocycles. The van der Waals surface area contributed by atoms with Crippen molar-refractivity contribution in [2.45, 2.75) is 52.7 Å². The van der Waals surface area contributed by atoms with E-state index in [1.165, 1.54) is 10.5 Å². The Labute approximate surface area is 166 Å². The van der Waals surface area contributed by atoms with Crippen molar-refractivity contribution in [3.63, 3.8) is 0 Å². The van der Waals surface area contributed by atoms with E-state index >= 15 is 0 Å². The maximum Gasteiger partial charge on any atom is 0.409 e. The van der Waals surface area contributed by atoms with Crippen molar-refractivity contribution in [2.75, 3.05) is 19.7 Å². The molecule has 152 valence electrons. The van der Waals surface area contributed by atoms with Crippen LogP contribution in [0.5, 0.6) is 5.75 Å². The molecule has 0 bridgehead atoms. The lowest BCUT2D eigenvalue weighted by atomic mass is 10.0. The Morgan fingerprint density at radius 1 is 1.32 bits per heavy atom. The van der Waals surface area contributed by atoms with Crippen molar-refractivity contribution >= 4 is 11.9 Å². The van der Waals surface area contributed by atoms with Gasteiger partial charge >= 0.3 is 6.09 Å².